The van der Waals surface area contributed by atoms with Crippen LogP contribution in [0.25, 0.3) is 0 Å². The van der Waals surface area contributed by atoms with E-state index in [1.165, 1.54) is 13.0 Å². The van der Waals surface area contributed by atoms with E-state index in [-0.39, 0.29) is 57.1 Å². The van der Waals surface area contributed by atoms with E-state index in [4.69, 9.17) is 0 Å². The zero-order valence-corrected chi connectivity index (χ0v) is 11.9. The summed E-state index contributed by atoms with van der Waals surface area (Å²) < 4.78 is 37.0. The molecule has 0 amide bonds. The van der Waals surface area contributed by atoms with Crippen molar-refractivity contribution in [1.82, 2.24) is 4.98 Å². The van der Waals surface area contributed by atoms with Crippen molar-refractivity contribution in [1.29, 1.82) is 0 Å². The van der Waals surface area contributed by atoms with E-state index < -0.39 is 12.4 Å². The number of pyridine rings is 1. The van der Waals surface area contributed by atoms with Gasteiger partial charge in [-0.2, -0.15) is 0 Å². The van der Waals surface area contributed by atoms with Gasteiger partial charge in [0.15, 0.2) is 0 Å². The van der Waals surface area contributed by atoms with Crippen molar-refractivity contribution >= 4 is 28.4 Å². The van der Waals surface area contributed by atoms with Gasteiger partial charge in [0, 0.05) is 5.69 Å². The van der Waals surface area contributed by atoms with E-state index in [0.29, 0.717) is 4.60 Å². The zero-order chi connectivity index (χ0) is 9.35. The molecule has 1 nitrogen and oxygen atoms in total. The van der Waals surface area contributed by atoms with Crippen molar-refractivity contribution in [3.63, 3.8) is 0 Å². The SMILES string of the molecule is Cc1nc(Br)ccc1[B-](F)(F)F.[K+]. The van der Waals surface area contributed by atoms with E-state index in [1.807, 2.05) is 0 Å². The minimum absolute atomic E-state index is 0. The molecule has 0 atom stereocenters. The third kappa shape index (κ3) is 4.01. The Balaban J connectivity index is 0.00000144. The Morgan fingerprint density at radius 1 is 1.31 bits per heavy atom. The van der Waals surface area contributed by atoms with Gasteiger partial charge in [0.2, 0.25) is 0 Å². The van der Waals surface area contributed by atoms with Crippen LogP contribution in [0.15, 0.2) is 16.7 Å². The second kappa shape index (κ2) is 5.27. The van der Waals surface area contributed by atoms with Gasteiger partial charge in [0.1, 0.15) is 4.60 Å². The van der Waals surface area contributed by atoms with Crippen LogP contribution >= 0.6 is 15.9 Å². The number of hydrogen-bond donors (Lipinski definition) is 0. The smallest absolute Gasteiger partial charge is 0.445 e. The average Bonchev–Trinajstić information content (AvgIpc) is 1.83. The van der Waals surface area contributed by atoms with Gasteiger partial charge in [-0.3, -0.25) is 0 Å². The molecule has 1 aromatic heterocycles. The third-order valence-electron chi connectivity index (χ3n) is 1.45. The van der Waals surface area contributed by atoms with Crippen molar-refractivity contribution < 1.29 is 64.3 Å². The molecule has 66 valence electrons. The minimum atomic E-state index is -4.93. The summed E-state index contributed by atoms with van der Waals surface area (Å²) in [4.78, 5) is 3.65. The normalized spacial score (nSPS) is 10.8. The molecule has 0 aliphatic carbocycles. The number of aryl methyl sites for hydroxylation is 1. The predicted octanol–water partition coefficient (Wildman–Crippen LogP) is -0.789. The Labute approximate surface area is 125 Å². The fourth-order valence-corrected chi connectivity index (χ4v) is 1.29. The summed E-state index contributed by atoms with van der Waals surface area (Å²) in [6, 6.07) is 2.32. The number of rotatable bonds is 1. The molecule has 0 saturated heterocycles. The largest absolute Gasteiger partial charge is 1.00 e. The van der Waals surface area contributed by atoms with Gasteiger partial charge >= 0.3 is 58.4 Å². The molecule has 0 aromatic carbocycles. The van der Waals surface area contributed by atoms with E-state index >= 15 is 0 Å². The van der Waals surface area contributed by atoms with Crippen molar-refractivity contribution in [2.45, 2.75) is 6.92 Å². The van der Waals surface area contributed by atoms with Crippen LogP contribution in [0.3, 0.4) is 0 Å². The Bertz CT molecular complexity index is 304. The molecule has 7 heteroatoms. The van der Waals surface area contributed by atoms with Crippen molar-refractivity contribution in [2.24, 2.45) is 0 Å². The molecular weight excluding hydrogens is 273 g/mol. The zero-order valence-electron chi connectivity index (χ0n) is 7.19. The van der Waals surface area contributed by atoms with Crippen LogP contribution in [-0.2, 0) is 0 Å². The number of halogens is 4. The first-order valence-corrected chi connectivity index (χ1v) is 4.03. The van der Waals surface area contributed by atoms with Crippen LogP contribution in [0.2, 0.25) is 0 Å². The van der Waals surface area contributed by atoms with E-state index in [2.05, 4.69) is 20.9 Å². The van der Waals surface area contributed by atoms with Gasteiger partial charge < -0.3 is 12.9 Å². The van der Waals surface area contributed by atoms with Gasteiger partial charge in [0.05, 0.1) is 0 Å². The molecule has 0 radical (unpaired) electrons. The van der Waals surface area contributed by atoms with Crippen molar-refractivity contribution in [3.8, 4) is 0 Å². The fraction of sp³-hybridized carbons (Fsp3) is 0.167. The molecule has 0 N–H and O–H groups in total. The number of nitrogens with zero attached hydrogens (tertiary/aromatic N) is 1. The minimum Gasteiger partial charge on any atom is -0.445 e. The average molecular weight is 278 g/mol. The summed E-state index contributed by atoms with van der Waals surface area (Å²) in [6.07, 6.45) is 0. The molecule has 0 bridgehead atoms. The van der Waals surface area contributed by atoms with E-state index in [1.54, 1.807) is 0 Å². The van der Waals surface area contributed by atoms with Gasteiger partial charge in [-0.15, -0.1) is 0 Å². The van der Waals surface area contributed by atoms with Crippen LogP contribution in [0.4, 0.5) is 12.9 Å². The van der Waals surface area contributed by atoms with Crippen LogP contribution < -0.4 is 56.8 Å². The number of aromatic nitrogens is 1. The topological polar surface area (TPSA) is 12.9 Å². The molecule has 1 heterocycles. The van der Waals surface area contributed by atoms with Crippen molar-refractivity contribution in [3.05, 3.63) is 22.4 Å². The molecule has 0 fully saturated rings. The van der Waals surface area contributed by atoms with Crippen molar-refractivity contribution in [2.75, 3.05) is 0 Å². The Morgan fingerprint density at radius 2 is 1.85 bits per heavy atom. The van der Waals surface area contributed by atoms with Gasteiger partial charge in [-0.1, -0.05) is 11.5 Å². The van der Waals surface area contributed by atoms with Crippen LogP contribution in [0.5, 0.6) is 0 Å². The second-order valence-corrected chi connectivity index (χ2v) is 3.20. The summed E-state index contributed by atoms with van der Waals surface area (Å²) in [5, 5.41) is 0. The molecule has 0 aliphatic heterocycles. The maximum Gasteiger partial charge on any atom is 1.00 e. The molecule has 0 aliphatic rings. The van der Waals surface area contributed by atoms with Gasteiger partial charge in [0.25, 0.3) is 0 Å². The first-order valence-electron chi connectivity index (χ1n) is 3.24. The molecule has 13 heavy (non-hydrogen) atoms. The van der Waals surface area contributed by atoms with E-state index in [9.17, 15) is 12.9 Å². The maximum atomic E-state index is 12.2. The van der Waals surface area contributed by atoms with Crippen LogP contribution in [0, 0.1) is 6.92 Å². The predicted molar refractivity (Wildman–Crippen MR) is 45.4 cm³/mol. The number of hydrogen-bond acceptors (Lipinski definition) is 1. The summed E-state index contributed by atoms with van der Waals surface area (Å²) in [6.45, 7) is -3.58. The first kappa shape index (κ1) is 14.1. The standard InChI is InChI=1S/C6H5BBrF3N.K/c1-4-5(7(9,10)11)2-3-6(8)12-4;/h2-3H,1H3;/q-1;+1. The Morgan fingerprint density at radius 3 is 2.23 bits per heavy atom. The Hall–Kier alpha value is 1.12. The first-order chi connectivity index (χ1) is 5.41. The Kier molecular flexibility index (Phi) is 5.73. The van der Waals surface area contributed by atoms with Crippen LogP contribution in [-0.4, -0.2) is 12.0 Å². The summed E-state index contributed by atoms with van der Waals surface area (Å²) in [5.41, 5.74) is -0.616. The quantitative estimate of drug-likeness (QED) is 0.484. The molecule has 0 unspecified atom stereocenters. The molecule has 1 aromatic rings. The third-order valence-corrected chi connectivity index (χ3v) is 1.89. The maximum absolute atomic E-state index is 12.2. The molecular formula is C6H5BBrF3KN. The monoisotopic (exact) mass is 277 g/mol. The molecule has 0 spiro atoms. The van der Waals surface area contributed by atoms with E-state index in [0.717, 1.165) is 6.07 Å². The van der Waals surface area contributed by atoms with Gasteiger partial charge in [-0.25, -0.2) is 4.98 Å². The summed E-state index contributed by atoms with van der Waals surface area (Å²) in [5.74, 6) is 0. The molecule has 1 rings (SSSR count). The fourth-order valence-electron chi connectivity index (χ4n) is 0.887. The summed E-state index contributed by atoms with van der Waals surface area (Å²) in [7, 11) is 0. The molecule has 0 saturated carbocycles. The summed E-state index contributed by atoms with van der Waals surface area (Å²) >= 11 is 2.99. The second-order valence-electron chi connectivity index (χ2n) is 2.38. The van der Waals surface area contributed by atoms with Crippen LogP contribution in [0.1, 0.15) is 5.69 Å². The van der Waals surface area contributed by atoms with Gasteiger partial charge in [-0.05, 0) is 28.9 Å².